The molecule has 1 fully saturated rings. The van der Waals surface area contributed by atoms with Crippen molar-refractivity contribution in [3.63, 3.8) is 0 Å². The first-order valence-corrected chi connectivity index (χ1v) is 11.1. The standard InChI is InChI=1S/C23H39N3O3.HI/c1-3-24-23(25-12-7-13-28-18-22-10-14-27-15-11-22)26-16-20(2)17-29-19-21-8-5-4-6-9-21;/h4-6,8-9,20,22H,3,7,10-19H2,1-2H3,(H2,24,25,26);1H. The van der Waals surface area contributed by atoms with Crippen LogP contribution in [0.2, 0.25) is 0 Å². The molecular weight excluding hydrogens is 493 g/mol. The third-order valence-electron chi connectivity index (χ3n) is 4.87. The number of hydrogen-bond donors (Lipinski definition) is 2. The van der Waals surface area contributed by atoms with Gasteiger partial charge in [0, 0.05) is 46.1 Å². The molecule has 7 heteroatoms. The zero-order chi connectivity index (χ0) is 20.6. The summed E-state index contributed by atoms with van der Waals surface area (Å²) in [5.74, 6) is 1.91. The lowest BCUT2D eigenvalue weighted by Gasteiger charge is -2.21. The van der Waals surface area contributed by atoms with Crippen molar-refractivity contribution < 1.29 is 14.2 Å². The van der Waals surface area contributed by atoms with Gasteiger partial charge in [0.25, 0.3) is 0 Å². The molecule has 0 amide bonds. The smallest absolute Gasteiger partial charge is 0.191 e. The lowest BCUT2D eigenvalue weighted by Crippen LogP contribution is -2.38. The molecule has 1 atom stereocenters. The molecule has 2 N–H and O–H groups in total. The molecule has 0 saturated carbocycles. The summed E-state index contributed by atoms with van der Waals surface area (Å²) in [6.07, 6.45) is 3.23. The van der Waals surface area contributed by atoms with E-state index < -0.39 is 0 Å². The van der Waals surface area contributed by atoms with Crippen LogP contribution in [0.1, 0.15) is 38.7 Å². The molecule has 0 bridgehead atoms. The van der Waals surface area contributed by atoms with Gasteiger partial charge in [0.2, 0.25) is 0 Å². The molecule has 0 spiro atoms. The maximum atomic E-state index is 5.82. The van der Waals surface area contributed by atoms with Gasteiger partial charge in [-0.1, -0.05) is 37.3 Å². The van der Waals surface area contributed by atoms with E-state index in [2.05, 4.69) is 41.6 Å². The Hall–Kier alpha value is -0.900. The molecule has 1 aliphatic heterocycles. The van der Waals surface area contributed by atoms with E-state index in [4.69, 9.17) is 14.2 Å². The van der Waals surface area contributed by atoms with Crippen molar-refractivity contribution in [2.75, 3.05) is 52.7 Å². The van der Waals surface area contributed by atoms with Crippen LogP contribution >= 0.6 is 24.0 Å². The molecule has 172 valence electrons. The number of guanidine groups is 1. The molecule has 0 aliphatic carbocycles. The van der Waals surface area contributed by atoms with Crippen LogP contribution in [-0.4, -0.2) is 58.6 Å². The van der Waals surface area contributed by atoms with E-state index in [9.17, 15) is 0 Å². The maximum Gasteiger partial charge on any atom is 0.191 e. The van der Waals surface area contributed by atoms with Crippen molar-refractivity contribution in [1.82, 2.24) is 10.6 Å². The summed E-state index contributed by atoms with van der Waals surface area (Å²) in [5.41, 5.74) is 1.21. The fourth-order valence-electron chi connectivity index (χ4n) is 3.14. The zero-order valence-corrected chi connectivity index (χ0v) is 20.9. The predicted octanol–water partition coefficient (Wildman–Crippen LogP) is 3.85. The summed E-state index contributed by atoms with van der Waals surface area (Å²) in [4.78, 5) is 4.69. The first kappa shape index (κ1) is 27.1. The van der Waals surface area contributed by atoms with Crippen LogP contribution in [0, 0.1) is 11.8 Å². The molecular formula is C23H40IN3O3. The first-order valence-electron chi connectivity index (χ1n) is 11.1. The fourth-order valence-corrected chi connectivity index (χ4v) is 3.14. The van der Waals surface area contributed by atoms with Crippen LogP contribution in [-0.2, 0) is 20.8 Å². The number of halogens is 1. The van der Waals surface area contributed by atoms with Crippen LogP contribution in [0.15, 0.2) is 35.3 Å². The molecule has 1 aliphatic rings. The summed E-state index contributed by atoms with van der Waals surface area (Å²) in [5, 5.41) is 6.70. The second-order valence-electron chi connectivity index (χ2n) is 7.74. The van der Waals surface area contributed by atoms with Crippen molar-refractivity contribution in [3.8, 4) is 0 Å². The molecule has 2 rings (SSSR count). The Balaban J connectivity index is 0.00000450. The van der Waals surface area contributed by atoms with Gasteiger partial charge in [-0.15, -0.1) is 24.0 Å². The Morgan fingerprint density at radius 3 is 2.67 bits per heavy atom. The average molecular weight is 533 g/mol. The third kappa shape index (κ3) is 12.7. The average Bonchev–Trinajstić information content (AvgIpc) is 2.76. The Morgan fingerprint density at radius 2 is 1.93 bits per heavy atom. The highest BCUT2D eigenvalue weighted by molar-refractivity contribution is 14.0. The van der Waals surface area contributed by atoms with E-state index in [1.54, 1.807) is 0 Å². The highest BCUT2D eigenvalue weighted by Crippen LogP contribution is 2.14. The van der Waals surface area contributed by atoms with E-state index in [1.807, 2.05) is 18.2 Å². The van der Waals surface area contributed by atoms with Crippen LogP contribution in [0.3, 0.4) is 0 Å². The van der Waals surface area contributed by atoms with E-state index in [0.717, 1.165) is 71.3 Å². The largest absolute Gasteiger partial charge is 0.381 e. The quantitative estimate of drug-likeness (QED) is 0.175. The number of hydrogen-bond acceptors (Lipinski definition) is 4. The minimum absolute atomic E-state index is 0. The van der Waals surface area contributed by atoms with Gasteiger partial charge >= 0.3 is 0 Å². The minimum Gasteiger partial charge on any atom is -0.381 e. The minimum atomic E-state index is 0. The van der Waals surface area contributed by atoms with Crippen LogP contribution in [0.4, 0.5) is 0 Å². The Bertz CT molecular complexity index is 554. The van der Waals surface area contributed by atoms with E-state index in [0.29, 0.717) is 25.0 Å². The van der Waals surface area contributed by atoms with Crippen LogP contribution < -0.4 is 10.6 Å². The van der Waals surface area contributed by atoms with Gasteiger partial charge in [0.15, 0.2) is 5.96 Å². The molecule has 1 aromatic carbocycles. The number of benzene rings is 1. The van der Waals surface area contributed by atoms with Gasteiger partial charge in [-0.25, -0.2) is 0 Å². The first-order chi connectivity index (χ1) is 14.3. The highest BCUT2D eigenvalue weighted by atomic mass is 127. The van der Waals surface area contributed by atoms with E-state index in [-0.39, 0.29) is 24.0 Å². The molecule has 1 aromatic rings. The van der Waals surface area contributed by atoms with Crippen LogP contribution in [0.5, 0.6) is 0 Å². The summed E-state index contributed by atoms with van der Waals surface area (Å²) in [6.45, 7) is 11.5. The fraction of sp³-hybridized carbons (Fsp3) is 0.696. The maximum absolute atomic E-state index is 5.82. The second-order valence-corrected chi connectivity index (χ2v) is 7.74. The molecule has 1 heterocycles. The lowest BCUT2D eigenvalue weighted by atomic mass is 10.0. The number of rotatable bonds is 13. The summed E-state index contributed by atoms with van der Waals surface area (Å²) in [7, 11) is 0. The van der Waals surface area contributed by atoms with Gasteiger partial charge in [-0.3, -0.25) is 4.99 Å². The number of nitrogens with one attached hydrogen (secondary N) is 2. The molecule has 6 nitrogen and oxygen atoms in total. The molecule has 1 unspecified atom stereocenters. The van der Waals surface area contributed by atoms with Gasteiger partial charge < -0.3 is 24.8 Å². The molecule has 1 saturated heterocycles. The van der Waals surface area contributed by atoms with E-state index in [1.165, 1.54) is 5.56 Å². The normalized spacial score (nSPS) is 16.0. The van der Waals surface area contributed by atoms with Crippen molar-refractivity contribution in [3.05, 3.63) is 35.9 Å². The number of aliphatic imine (C=N–C) groups is 1. The summed E-state index contributed by atoms with van der Waals surface area (Å²) < 4.78 is 17.0. The summed E-state index contributed by atoms with van der Waals surface area (Å²) >= 11 is 0. The van der Waals surface area contributed by atoms with Gasteiger partial charge in [-0.05, 0) is 43.6 Å². The zero-order valence-electron chi connectivity index (χ0n) is 18.6. The van der Waals surface area contributed by atoms with Gasteiger partial charge in [0.05, 0.1) is 13.2 Å². The number of nitrogens with zero attached hydrogens (tertiary/aromatic N) is 1. The monoisotopic (exact) mass is 533 g/mol. The topological polar surface area (TPSA) is 64.1 Å². The lowest BCUT2D eigenvalue weighted by molar-refractivity contribution is 0.0203. The Morgan fingerprint density at radius 1 is 1.17 bits per heavy atom. The Kier molecular flexibility index (Phi) is 16.1. The van der Waals surface area contributed by atoms with Crippen molar-refractivity contribution in [2.45, 2.75) is 39.7 Å². The van der Waals surface area contributed by atoms with Crippen LogP contribution in [0.25, 0.3) is 0 Å². The predicted molar refractivity (Wildman–Crippen MR) is 134 cm³/mol. The van der Waals surface area contributed by atoms with E-state index >= 15 is 0 Å². The molecule has 0 radical (unpaired) electrons. The third-order valence-corrected chi connectivity index (χ3v) is 4.87. The van der Waals surface area contributed by atoms with Crippen molar-refractivity contribution in [1.29, 1.82) is 0 Å². The number of ether oxygens (including phenoxy) is 3. The second kappa shape index (κ2) is 17.7. The van der Waals surface area contributed by atoms with Crippen molar-refractivity contribution >= 4 is 29.9 Å². The van der Waals surface area contributed by atoms with Gasteiger partial charge in [0.1, 0.15) is 0 Å². The van der Waals surface area contributed by atoms with Crippen molar-refractivity contribution in [2.24, 2.45) is 16.8 Å². The SMILES string of the molecule is CCNC(=NCC(C)COCc1ccccc1)NCCCOCC1CCOCC1.I. The molecule has 30 heavy (non-hydrogen) atoms. The van der Waals surface area contributed by atoms with Gasteiger partial charge in [-0.2, -0.15) is 0 Å². The Labute approximate surface area is 199 Å². The molecule has 0 aromatic heterocycles. The highest BCUT2D eigenvalue weighted by Gasteiger charge is 2.13. The summed E-state index contributed by atoms with van der Waals surface area (Å²) in [6, 6.07) is 10.3.